The molecule has 3 heterocycles. The first kappa shape index (κ1) is 12.6. The largest absolute Gasteiger partial charge is 0.380 e. The predicted octanol–water partition coefficient (Wildman–Crippen LogP) is 1.04. The third kappa shape index (κ3) is 2.21. The van der Waals surface area contributed by atoms with Crippen molar-refractivity contribution in [1.29, 1.82) is 5.26 Å². The molecule has 2 atom stereocenters. The van der Waals surface area contributed by atoms with Crippen LogP contribution in [0.3, 0.4) is 0 Å². The van der Waals surface area contributed by atoms with Crippen LogP contribution < -0.4 is 4.90 Å². The van der Waals surface area contributed by atoms with Gasteiger partial charge in [-0.3, -0.25) is 5.10 Å². The van der Waals surface area contributed by atoms with Crippen LogP contribution in [-0.2, 0) is 4.74 Å². The molecule has 7 heteroatoms. The maximum absolute atomic E-state index is 9.00. The van der Waals surface area contributed by atoms with Gasteiger partial charge >= 0.3 is 0 Å². The van der Waals surface area contributed by atoms with Crippen LogP contribution >= 0.6 is 0 Å². The molecule has 2 aromatic rings. The summed E-state index contributed by atoms with van der Waals surface area (Å²) in [6, 6.07) is 5.63. The van der Waals surface area contributed by atoms with Crippen LogP contribution in [0.2, 0.25) is 0 Å². The second-order valence-corrected chi connectivity index (χ2v) is 4.65. The fourth-order valence-corrected chi connectivity index (χ4v) is 2.50. The third-order valence-corrected chi connectivity index (χ3v) is 3.51. The number of H-pyrrole nitrogens is 1. The first-order valence-electron chi connectivity index (χ1n) is 6.32. The predicted molar refractivity (Wildman–Crippen MR) is 70.8 cm³/mol. The molecule has 1 aliphatic rings. The SMILES string of the molecule is CO[C@@H]1C[C@@H](c2ncn[nH]2)N(c2cc(C#N)ccn2)C1. The van der Waals surface area contributed by atoms with Gasteiger partial charge < -0.3 is 9.64 Å². The van der Waals surface area contributed by atoms with Gasteiger partial charge in [0, 0.05) is 26.3 Å². The Balaban J connectivity index is 1.94. The summed E-state index contributed by atoms with van der Waals surface area (Å²) >= 11 is 0. The molecule has 0 bridgehead atoms. The van der Waals surface area contributed by atoms with Crippen molar-refractivity contribution in [3.05, 3.63) is 36.0 Å². The highest BCUT2D eigenvalue weighted by Gasteiger charge is 2.35. The molecule has 0 radical (unpaired) electrons. The van der Waals surface area contributed by atoms with Gasteiger partial charge in [0.05, 0.1) is 23.8 Å². The average Bonchev–Trinajstić information content (AvgIpc) is 3.15. The van der Waals surface area contributed by atoms with Crippen LogP contribution in [0, 0.1) is 11.3 Å². The molecule has 0 spiro atoms. The fraction of sp³-hybridized carbons (Fsp3) is 0.385. The van der Waals surface area contributed by atoms with Crippen molar-refractivity contribution in [2.45, 2.75) is 18.6 Å². The highest BCUT2D eigenvalue weighted by molar-refractivity contribution is 5.47. The topological polar surface area (TPSA) is 90.7 Å². The first-order valence-corrected chi connectivity index (χ1v) is 6.32. The van der Waals surface area contributed by atoms with Crippen LogP contribution in [0.25, 0.3) is 0 Å². The molecule has 1 N–H and O–H groups in total. The van der Waals surface area contributed by atoms with Gasteiger partial charge in [0.1, 0.15) is 18.0 Å². The van der Waals surface area contributed by atoms with Crippen molar-refractivity contribution >= 4 is 5.82 Å². The molecule has 0 unspecified atom stereocenters. The van der Waals surface area contributed by atoms with Crippen molar-refractivity contribution in [3.8, 4) is 6.07 Å². The molecule has 7 nitrogen and oxygen atoms in total. The lowest BCUT2D eigenvalue weighted by atomic mass is 10.2. The van der Waals surface area contributed by atoms with E-state index in [1.54, 1.807) is 25.4 Å². The molecule has 0 aliphatic carbocycles. The summed E-state index contributed by atoms with van der Waals surface area (Å²) in [5.41, 5.74) is 0.590. The standard InChI is InChI=1S/C13H14N6O/c1-20-10-5-11(13-16-8-17-18-13)19(7-10)12-4-9(6-14)2-3-15-12/h2-4,8,10-11H,5,7H2,1H3,(H,16,17,18)/t10-,11+/m1/s1. The lowest BCUT2D eigenvalue weighted by molar-refractivity contribution is 0.118. The fourth-order valence-electron chi connectivity index (χ4n) is 2.50. The van der Waals surface area contributed by atoms with Crippen molar-refractivity contribution in [2.24, 2.45) is 0 Å². The number of ether oxygens (including phenoxy) is 1. The zero-order valence-corrected chi connectivity index (χ0v) is 11.0. The lowest BCUT2D eigenvalue weighted by Gasteiger charge is -2.23. The number of aromatic amines is 1. The van der Waals surface area contributed by atoms with Crippen LogP contribution in [0.4, 0.5) is 5.82 Å². The minimum atomic E-state index is 0.0314. The summed E-state index contributed by atoms with van der Waals surface area (Å²) in [5.74, 6) is 1.54. The number of methoxy groups -OCH3 is 1. The number of nitrogens with zero attached hydrogens (tertiary/aromatic N) is 5. The van der Waals surface area contributed by atoms with Gasteiger partial charge in [-0.25, -0.2) is 9.97 Å². The highest BCUT2D eigenvalue weighted by atomic mass is 16.5. The molecule has 1 aliphatic heterocycles. The van der Waals surface area contributed by atoms with Crippen molar-refractivity contribution in [3.63, 3.8) is 0 Å². The van der Waals surface area contributed by atoms with E-state index in [1.165, 1.54) is 6.33 Å². The van der Waals surface area contributed by atoms with Gasteiger partial charge in [0.25, 0.3) is 0 Å². The van der Waals surface area contributed by atoms with E-state index in [0.717, 1.165) is 18.1 Å². The van der Waals surface area contributed by atoms with Gasteiger partial charge in [-0.2, -0.15) is 10.4 Å². The van der Waals surface area contributed by atoms with E-state index in [2.05, 4.69) is 31.1 Å². The summed E-state index contributed by atoms with van der Waals surface area (Å²) in [7, 11) is 1.70. The van der Waals surface area contributed by atoms with Gasteiger partial charge in [-0.05, 0) is 12.1 Å². The van der Waals surface area contributed by atoms with E-state index in [1.807, 2.05) is 0 Å². The highest BCUT2D eigenvalue weighted by Crippen LogP contribution is 2.34. The molecule has 1 fully saturated rings. The first-order chi connectivity index (χ1) is 9.81. The maximum atomic E-state index is 9.00. The minimum Gasteiger partial charge on any atom is -0.380 e. The number of rotatable bonds is 3. The zero-order valence-electron chi connectivity index (χ0n) is 11.0. The Morgan fingerprint density at radius 2 is 2.40 bits per heavy atom. The number of pyridine rings is 1. The molecule has 0 amide bonds. The van der Waals surface area contributed by atoms with Gasteiger partial charge in [0.2, 0.25) is 0 Å². The van der Waals surface area contributed by atoms with Crippen LogP contribution in [0.1, 0.15) is 23.9 Å². The Hall–Kier alpha value is -2.46. The van der Waals surface area contributed by atoms with Crippen molar-refractivity contribution in [1.82, 2.24) is 20.2 Å². The summed E-state index contributed by atoms with van der Waals surface area (Å²) in [6.07, 6.45) is 4.06. The Kier molecular flexibility index (Phi) is 3.31. The van der Waals surface area contributed by atoms with Crippen LogP contribution in [-0.4, -0.2) is 39.9 Å². The molecule has 0 saturated carbocycles. The Labute approximate surface area is 116 Å². The molecule has 3 rings (SSSR count). The Bertz CT molecular complexity index is 620. The summed E-state index contributed by atoms with van der Waals surface area (Å²) in [4.78, 5) is 10.7. The third-order valence-electron chi connectivity index (χ3n) is 3.51. The van der Waals surface area contributed by atoms with Gasteiger partial charge in [0.15, 0.2) is 0 Å². The molecule has 102 valence electrons. The number of nitrogens with one attached hydrogen (secondary N) is 1. The second kappa shape index (κ2) is 5.27. The molecular weight excluding hydrogens is 256 g/mol. The summed E-state index contributed by atoms with van der Waals surface area (Å²) in [5, 5.41) is 15.8. The monoisotopic (exact) mass is 270 g/mol. The van der Waals surface area contributed by atoms with Crippen molar-refractivity contribution in [2.75, 3.05) is 18.6 Å². The van der Waals surface area contributed by atoms with E-state index in [9.17, 15) is 0 Å². The molecule has 2 aromatic heterocycles. The molecular formula is C13H14N6O. The van der Waals surface area contributed by atoms with Crippen molar-refractivity contribution < 1.29 is 4.74 Å². The average molecular weight is 270 g/mol. The minimum absolute atomic E-state index is 0.0314. The Morgan fingerprint density at radius 1 is 1.50 bits per heavy atom. The van der Waals surface area contributed by atoms with Crippen LogP contribution in [0.15, 0.2) is 24.7 Å². The van der Waals surface area contributed by atoms with Gasteiger partial charge in [-0.1, -0.05) is 0 Å². The Morgan fingerprint density at radius 3 is 3.10 bits per heavy atom. The van der Waals surface area contributed by atoms with E-state index < -0.39 is 0 Å². The van der Waals surface area contributed by atoms with Crippen LogP contribution in [0.5, 0.6) is 0 Å². The van der Waals surface area contributed by atoms with E-state index in [0.29, 0.717) is 12.1 Å². The normalized spacial score (nSPS) is 21.9. The maximum Gasteiger partial charge on any atom is 0.147 e. The van der Waals surface area contributed by atoms with E-state index in [-0.39, 0.29) is 12.1 Å². The number of aromatic nitrogens is 4. The summed E-state index contributed by atoms with van der Waals surface area (Å²) < 4.78 is 5.45. The second-order valence-electron chi connectivity index (χ2n) is 4.65. The molecule has 1 saturated heterocycles. The zero-order chi connectivity index (χ0) is 13.9. The molecule has 0 aromatic carbocycles. The lowest BCUT2D eigenvalue weighted by Crippen LogP contribution is -2.26. The van der Waals surface area contributed by atoms with Gasteiger partial charge in [-0.15, -0.1) is 0 Å². The van der Waals surface area contributed by atoms with E-state index in [4.69, 9.17) is 10.00 Å². The number of hydrogen-bond donors (Lipinski definition) is 1. The number of anilines is 1. The smallest absolute Gasteiger partial charge is 0.147 e. The quantitative estimate of drug-likeness (QED) is 0.896. The van der Waals surface area contributed by atoms with E-state index >= 15 is 0 Å². The summed E-state index contributed by atoms with van der Waals surface area (Å²) in [6.45, 7) is 0.712. The number of nitriles is 1. The number of hydrogen-bond acceptors (Lipinski definition) is 6. The molecule has 20 heavy (non-hydrogen) atoms.